The van der Waals surface area contributed by atoms with Crippen LogP contribution in [0.5, 0.6) is 11.5 Å². The molecule has 0 bridgehead atoms. The smallest absolute Gasteiger partial charge is 0.264 e. The minimum absolute atomic E-state index is 0.0626. The van der Waals surface area contributed by atoms with E-state index in [0.29, 0.717) is 49.9 Å². The first-order chi connectivity index (χ1) is 23.2. The zero-order valence-corrected chi connectivity index (χ0v) is 27.4. The summed E-state index contributed by atoms with van der Waals surface area (Å²) in [5.74, 6) is 2.55. The van der Waals surface area contributed by atoms with Crippen molar-refractivity contribution in [3.63, 3.8) is 0 Å². The van der Waals surface area contributed by atoms with Crippen LogP contribution in [0, 0.1) is 11.3 Å². The van der Waals surface area contributed by atoms with Crippen molar-refractivity contribution in [2.45, 2.75) is 57.0 Å². The van der Waals surface area contributed by atoms with E-state index < -0.39 is 5.54 Å². The number of fused-ring (bicyclic) bond motifs is 2. The van der Waals surface area contributed by atoms with E-state index in [0.717, 1.165) is 48.5 Å². The number of carbonyl (C=O) groups is 2. The number of benzene rings is 2. The number of hydrogen-bond acceptors (Lipinski definition) is 8. The molecule has 0 radical (unpaired) electrons. The Bertz CT molecular complexity index is 1910. The topological polar surface area (TPSA) is 133 Å². The maximum atomic E-state index is 13.9. The van der Waals surface area contributed by atoms with Crippen molar-refractivity contribution in [1.29, 1.82) is 5.26 Å². The number of carbonyl (C=O) groups excluding carboxylic acids is 2. The molecule has 5 heterocycles. The molecule has 2 N–H and O–H groups in total. The molecule has 48 heavy (non-hydrogen) atoms. The number of nitrogen functional groups attached to an aromatic ring is 1. The minimum atomic E-state index is -0.520. The molecule has 0 aliphatic carbocycles. The van der Waals surface area contributed by atoms with Gasteiger partial charge in [0.05, 0.1) is 0 Å². The number of imidazole rings is 1. The highest BCUT2D eigenvalue weighted by molar-refractivity contribution is 5.97. The molecular formula is C37H40N8O3. The number of amides is 2. The Labute approximate surface area is 280 Å². The highest BCUT2D eigenvalue weighted by Crippen LogP contribution is 2.35. The number of aromatic nitrogens is 3. The molecule has 2 aromatic carbocycles. The average molecular weight is 645 g/mol. The maximum absolute atomic E-state index is 13.9. The van der Waals surface area contributed by atoms with Crippen molar-refractivity contribution in [2.75, 3.05) is 38.5 Å². The summed E-state index contributed by atoms with van der Waals surface area (Å²) in [7, 11) is 0. The fourth-order valence-corrected chi connectivity index (χ4v) is 7.40. The first-order valence-electron chi connectivity index (χ1n) is 16.6. The molecule has 7 rings (SSSR count). The molecule has 0 saturated carbocycles. The monoisotopic (exact) mass is 644 g/mol. The summed E-state index contributed by atoms with van der Waals surface area (Å²) in [6.45, 7) is 7.22. The zero-order chi connectivity index (χ0) is 33.4. The summed E-state index contributed by atoms with van der Waals surface area (Å²) in [5.41, 5.74) is 8.37. The van der Waals surface area contributed by atoms with E-state index in [4.69, 9.17) is 15.5 Å². The van der Waals surface area contributed by atoms with Crippen molar-refractivity contribution in [3.8, 4) is 28.8 Å². The lowest BCUT2D eigenvalue weighted by Crippen LogP contribution is -2.57. The Balaban J connectivity index is 1.11. The lowest BCUT2D eigenvalue weighted by Gasteiger charge is -2.45. The molecule has 4 aromatic rings. The molecule has 3 aliphatic heterocycles. The lowest BCUT2D eigenvalue weighted by atomic mass is 9.94. The van der Waals surface area contributed by atoms with Gasteiger partial charge in [-0.1, -0.05) is 18.2 Å². The Hall–Kier alpha value is -5.21. The third-order valence-electron chi connectivity index (χ3n) is 9.95. The van der Waals surface area contributed by atoms with E-state index in [2.05, 4.69) is 16.0 Å². The molecule has 246 valence electrons. The van der Waals surface area contributed by atoms with E-state index >= 15 is 0 Å². The Kier molecular flexibility index (Phi) is 8.35. The van der Waals surface area contributed by atoms with Crippen LogP contribution in [0.25, 0.3) is 16.8 Å². The Morgan fingerprint density at radius 3 is 2.58 bits per heavy atom. The fraction of sp³-hybridized carbons (Fsp3) is 0.378. The first kappa shape index (κ1) is 31.4. The van der Waals surface area contributed by atoms with Crippen molar-refractivity contribution in [3.05, 3.63) is 84.5 Å². The van der Waals surface area contributed by atoms with Crippen molar-refractivity contribution >= 4 is 23.1 Å². The minimum Gasteiger partial charge on any atom is -0.457 e. The van der Waals surface area contributed by atoms with E-state index in [-0.39, 0.29) is 29.3 Å². The van der Waals surface area contributed by atoms with Crippen LogP contribution in [0.1, 0.15) is 51.3 Å². The number of piperidine rings is 1. The van der Waals surface area contributed by atoms with Gasteiger partial charge in [-0.25, -0.2) is 9.97 Å². The number of para-hydroxylation sites is 1. The summed E-state index contributed by atoms with van der Waals surface area (Å²) >= 11 is 0. The van der Waals surface area contributed by atoms with Gasteiger partial charge in [0.15, 0.2) is 0 Å². The van der Waals surface area contributed by atoms with Gasteiger partial charge in [0.2, 0.25) is 5.91 Å². The second-order valence-electron chi connectivity index (χ2n) is 13.4. The highest BCUT2D eigenvalue weighted by atomic mass is 16.5. The molecule has 0 spiro atoms. The number of nitrogens with two attached hydrogens (primary N) is 1. The van der Waals surface area contributed by atoms with Crippen LogP contribution in [0.3, 0.4) is 0 Å². The summed E-state index contributed by atoms with van der Waals surface area (Å²) < 4.78 is 7.97. The van der Waals surface area contributed by atoms with Crippen LogP contribution >= 0.6 is 0 Å². The molecule has 2 aromatic heterocycles. The number of anilines is 1. The lowest BCUT2D eigenvalue weighted by molar-refractivity contribution is -0.131. The van der Waals surface area contributed by atoms with Crippen LogP contribution in [0.4, 0.5) is 5.82 Å². The van der Waals surface area contributed by atoms with Gasteiger partial charge in [-0.2, -0.15) is 5.26 Å². The molecule has 3 aliphatic rings. The van der Waals surface area contributed by atoms with Gasteiger partial charge >= 0.3 is 0 Å². The first-order valence-corrected chi connectivity index (χ1v) is 16.6. The van der Waals surface area contributed by atoms with Crippen LogP contribution in [0.15, 0.2) is 78.6 Å². The standard InChI is InChI=1S/C37H40N8O3/c1-37(2,43-19-20-44-28(24-43)12-15-31(44)46)21-27(22-38)36(47)42-17-6-7-26(23-42)35-41-32(33-34(39)40-16-18-45(33)35)25-10-13-30(14-11-25)48-29-8-4-3-5-9-29/h3-5,8-11,13-14,16,18,21,26,28H,6-7,12,15,17,19-20,23-24H2,1-2H3,(H2,39,40)/t26-,28-/m1/s1. The van der Waals surface area contributed by atoms with Crippen molar-refractivity contribution in [2.24, 2.45) is 0 Å². The molecular weight excluding hydrogens is 604 g/mol. The second kappa shape index (κ2) is 12.8. The molecule has 2 amide bonds. The number of piperazine rings is 1. The summed E-state index contributed by atoms with van der Waals surface area (Å²) in [4.78, 5) is 41.6. The largest absolute Gasteiger partial charge is 0.457 e. The number of likely N-dealkylation sites (tertiary alicyclic amines) is 1. The van der Waals surface area contributed by atoms with Crippen LogP contribution in [-0.2, 0) is 9.59 Å². The van der Waals surface area contributed by atoms with Crippen molar-refractivity contribution < 1.29 is 14.3 Å². The molecule has 2 atom stereocenters. The molecule has 0 unspecified atom stereocenters. The van der Waals surface area contributed by atoms with E-state index in [1.165, 1.54) is 0 Å². The van der Waals surface area contributed by atoms with Crippen molar-refractivity contribution in [1.82, 2.24) is 29.1 Å². The Morgan fingerprint density at radius 1 is 1.04 bits per heavy atom. The number of nitriles is 1. The maximum Gasteiger partial charge on any atom is 0.264 e. The average Bonchev–Trinajstić information content (AvgIpc) is 3.69. The normalized spacial score (nSPS) is 20.5. The quantitative estimate of drug-likeness (QED) is 0.219. The number of nitrogens with zero attached hydrogens (tertiary/aromatic N) is 7. The van der Waals surface area contributed by atoms with Gasteiger partial charge in [0, 0.05) is 74.6 Å². The Morgan fingerprint density at radius 2 is 1.81 bits per heavy atom. The summed E-state index contributed by atoms with van der Waals surface area (Å²) in [5, 5.41) is 10.2. The number of ether oxygens (including phenoxy) is 1. The summed E-state index contributed by atoms with van der Waals surface area (Å²) in [6, 6.07) is 19.8. The number of rotatable bonds is 7. The predicted molar refractivity (Wildman–Crippen MR) is 182 cm³/mol. The SMILES string of the molecule is CC(C)(C=C(C#N)C(=O)N1CCC[C@@H](c2nc(-c3ccc(Oc4ccccc4)cc3)c3c(N)nccn23)C1)N1CCN2C(=O)CC[C@@H]2C1. The third kappa shape index (κ3) is 6.00. The van der Waals surface area contributed by atoms with E-state index in [9.17, 15) is 14.9 Å². The van der Waals surface area contributed by atoms with Gasteiger partial charge < -0.3 is 20.3 Å². The van der Waals surface area contributed by atoms with Gasteiger partial charge in [0.25, 0.3) is 5.91 Å². The van der Waals surface area contributed by atoms with Gasteiger partial charge in [-0.15, -0.1) is 0 Å². The van der Waals surface area contributed by atoms with Gasteiger partial charge in [-0.05, 0) is 75.6 Å². The van der Waals surface area contributed by atoms with Gasteiger partial charge in [-0.3, -0.25) is 18.9 Å². The molecule has 3 saturated heterocycles. The van der Waals surface area contributed by atoms with Gasteiger partial charge in [0.1, 0.15) is 46.0 Å². The van der Waals surface area contributed by atoms with E-state index in [1.807, 2.05) is 90.0 Å². The third-order valence-corrected chi connectivity index (χ3v) is 9.95. The molecule has 11 heteroatoms. The highest BCUT2D eigenvalue weighted by Gasteiger charge is 2.40. The van der Waals surface area contributed by atoms with Crippen LogP contribution < -0.4 is 10.5 Å². The molecule has 3 fully saturated rings. The van der Waals surface area contributed by atoms with E-state index in [1.54, 1.807) is 11.1 Å². The molecule has 11 nitrogen and oxygen atoms in total. The van der Waals surface area contributed by atoms with Crippen LogP contribution in [0.2, 0.25) is 0 Å². The predicted octanol–water partition coefficient (Wildman–Crippen LogP) is 5.01. The number of hydrogen-bond donors (Lipinski definition) is 1. The zero-order valence-electron chi connectivity index (χ0n) is 27.4. The second-order valence-corrected chi connectivity index (χ2v) is 13.4. The fourth-order valence-electron chi connectivity index (χ4n) is 7.40. The van der Waals surface area contributed by atoms with Crippen LogP contribution in [-0.4, -0.2) is 85.2 Å². The summed E-state index contributed by atoms with van der Waals surface area (Å²) in [6.07, 6.45) is 8.42.